The Bertz CT molecular complexity index is 1460. The minimum absolute atomic E-state index is 1.25. The zero-order valence-corrected chi connectivity index (χ0v) is 15.7. The van der Waals surface area contributed by atoms with Crippen molar-refractivity contribution in [2.75, 3.05) is 0 Å². The molecule has 0 spiro atoms. The van der Waals surface area contributed by atoms with Crippen LogP contribution in [0.25, 0.3) is 49.0 Å². The summed E-state index contributed by atoms with van der Waals surface area (Å²) in [5.41, 5.74) is 5.07. The second-order valence-electron chi connectivity index (χ2n) is 7.54. The van der Waals surface area contributed by atoms with Crippen LogP contribution in [0.4, 0.5) is 0 Å². The third kappa shape index (κ3) is 2.07. The SMILES string of the molecule is Cc1ccc2c(c1)c1ccccc1n2-c1c2ccccc2cc2ccccc12. The van der Waals surface area contributed by atoms with E-state index in [0.717, 1.165) is 0 Å². The smallest absolute Gasteiger partial charge is 0.0618 e. The molecule has 28 heavy (non-hydrogen) atoms. The zero-order valence-electron chi connectivity index (χ0n) is 15.7. The van der Waals surface area contributed by atoms with Gasteiger partial charge in [0, 0.05) is 21.5 Å². The summed E-state index contributed by atoms with van der Waals surface area (Å²) in [5, 5.41) is 7.73. The molecular formula is C27H19N. The zero-order chi connectivity index (χ0) is 18.7. The predicted octanol–water partition coefficient (Wildman–Crippen LogP) is 7.40. The van der Waals surface area contributed by atoms with E-state index in [4.69, 9.17) is 0 Å². The molecule has 0 unspecified atom stereocenters. The van der Waals surface area contributed by atoms with Crippen LogP contribution in [0.15, 0.2) is 97.1 Å². The fraction of sp³-hybridized carbons (Fsp3) is 0.0370. The Morgan fingerprint density at radius 3 is 1.79 bits per heavy atom. The number of aryl methyl sites for hydroxylation is 1. The van der Waals surface area contributed by atoms with Crippen LogP contribution < -0.4 is 0 Å². The Morgan fingerprint density at radius 1 is 0.500 bits per heavy atom. The van der Waals surface area contributed by atoms with Crippen LogP contribution in [0.1, 0.15) is 5.56 Å². The van der Waals surface area contributed by atoms with Gasteiger partial charge in [0.25, 0.3) is 0 Å². The first-order chi connectivity index (χ1) is 13.8. The lowest BCUT2D eigenvalue weighted by Crippen LogP contribution is -1.97. The topological polar surface area (TPSA) is 4.93 Å². The maximum atomic E-state index is 2.45. The van der Waals surface area contributed by atoms with Gasteiger partial charge in [-0.15, -0.1) is 0 Å². The van der Waals surface area contributed by atoms with Crippen molar-refractivity contribution >= 4 is 43.4 Å². The molecule has 0 fully saturated rings. The number of rotatable bonds is 1. The highest BCUT2D eigenvalue weighted by molar-refractivity contribution is 6.14. The van der Waals surface area contributed by atoms with Crippen LogP contribution in [-0.2, 0) is 0 Å². The molecule has 6 aromatic rings. The van der Waals surface area contributed by atoms with Crippen LogP contribution in [0.5, 0.6) is 0 Å². The minimum Gasteiger partial charge on any atom is -0.308 e. The average molecular weight is 357 g/mol. The van der Waals surface area contributed by atoms with Gasteiger partial charge in [-0.2, -0.15) is 0 Å². The fourth-order valence-electron chi connectivity index (χ4n) is 4.56. The van der Waals surface area contributed by atoms with E-state index in [-0.39, 0.29) is 0 Å². The Morgan fingerprint density at radius 2 is 1.07 bits per heavy atom. The molecule has 6 rings (SSSR count). The van der Waals surface area contributed by atoms with Gasteiger partial charge in [0.15, 0.2) is 0 Å². The molecule has 1 heteroatoms. The van der Waals surface area contributed by atoms with Gasteiger partial charge >= 0.3 is 0 Å². The monoisotopic (exact) mass is 357 g/mol. The first kappa shape index (κ1) is 15.5. The molecule has 0 amide bonds. The number of nitrogens with zero attached hydrogens (tertiary/aromatic N) is 1. The van der Waals surface area contributed by atoms with Crippen molar-refractivity contribution in [1.29, 1.82) is 0 Å². The average Bonchev–Trinajstić information content (AvgIpc) is 3.05. The quantitative estimate of drug-likeness (QED) is 0.270. The first-order valence-corrected chi connectivity index (χ1v) is 9.72. The Balaban J connectivity index is 1.92. The first-order valence-electron chi connectivity index (χ1n) is 9.72. The molecule has 0 radical (unpaired) electrons. The lowest BCUT2D eigenvalue weighted by atomic mass is 10.0. The lowest BCUT2D eigenvalue weighted by molar-refractivity contribution is 1.21. The number of hydrogen-bond acceptors (Lipinski definition) is 0. The molecule has 0 saturated heterocycles. The molecule has 0 aliphatic carbocycles. The fourth-order valence-corrected chi connectivity index (χ4v) is 4.56. The summed E-state index contributed by atoms with van der Waals surface area (Å²) in [6, 6.07) is 35.3. The van der Waals surface area contributed by atoms with Crippen LogP contribution in [-0.4, -0.2) is 4.57 Å². The number of para-hydroxylation sites is 1. The highest BCUT2D eigenvalue weighted by Crippen LogP contribution is 2.38. The molecule has 0 N–H and O–H groups in total. The summed E-state index contributed by atoms with van der Waals surface area (Å²) in [6.45, 7) is 2.17. The van der Waals surface area contributed by atoms with Crippen molar-refractivity contribution in [3.05, 3.63) is 103 Å². The van der Waals surface area contributed by atoms with Crippen molar-refractivity contribution in [1.82, 2.24) is 4.57 Å². The molecule has 1 nitrogen and oxygen atoms in total. The van der Waals surface area contributed by atoms with Crippen LogP contribution in [0.3, 0.4) is 0 Å². The molecule has 0 aliphatic rings. The molecule has 132 valence electrons. The third-order valence-corrected chi connectivity index (χ3v) is 5.79. The van der Waals surface area contributed by atoms with Crippen LogP contribution in [0.2, 0.25) is 0 Å². The molecule has 1 aromatic heterocycles. The van der Waals surface area contributed by atoms with E-state index < -0.39 is 0 Å². The third-order valence-electron chi connectivity index (χ3n) is 5.79. The molecule has 0 aliphatic heterocycles. The van der Waals surface area contributed by atoms with E-state index in [1.54, 1.807) is 0 Å². The van der Waals surface area contributed by atoms with E-state index >= 15 is 0 Å². The molecule has 1 heterocycles. The molecule has 5 aromatic carbocycles. The van der Waals surface area contributed by atoms with Crippen molar-refractivity contribution in [2.45, 2.75) is 6.92 Å². The van der Waals surface area contributed by atoms with Gasteiger partial charge in [-0.1, -0.05) is 78.4 Å². The number of benzene rings is 5. The highest BCUT2D eigenvalue weighted by atomic mass is 15.0. The van der Waals surface area contributed by atoms with Gasteiger partial charge in [-0.25, -0.2) is 0 Å². The van der Waals surface area contributed by atoms with Gasteiger partial charge in [-0.3, -0.25) is 0 Å². The maximum Gasteiger partial charge on any atom is 0.0618 e. The lowest BCUT2D eigenvalue weighted by Gasteiger charge is -2.15. The second kappa shape index (κ2) is 5.71. The van der Waals surface area contributed by atoms with Gasteiger partial charge in [0.1, 0.15) is 0 Å². The molecule has 0 atom stereocenters. The van der Waals surface area contributed by atoms with E-state index in [1.807, 2.05) is 0 Å². The van der Waals surface area contributed by atoms with Crippen molar-refractivity contribution in [2.24, 2.45) is 0 Å². The second-order valence-corrected chi connectivity index (χ2v) is 7.54. The molecule has 0 bridgehead atoms. The van der Waals surface area contributed by atoms with E-state index in [9.17, 15) is 0 Å². The summed E-state index contributed by atoms with van der Waals surface area (Å²) in [4.78, 5) is 0. The number of fused-ring (bicyclic) bond motifs is 5. The van der Waals surface area contributed by atoms with Crippen molar-refractivity contribution in [3.8, 4) is 5.69 Å². The Hall–Kier alpha value is -3.58. The predicted molar refractivity (Wildman–Crippen MR) is 121 cm³/mol. The summed E-state index contributed by atoms with van der Waals surface area (Å²) in [5.74, 6) is 0. The largest absolute Gasteiger partial charge is 0.308 e. The standard InChI is InChI=1S/C27H19N/c1-18-14-15-26-24(16-18)23-12-6-7-13-25(23)28(26)27-21-10-4-2-8-19(21)17-20-9-3-5-11-22(20)27/h2-17H,1H3. The maximum absolute atomic E-state index is 2.45. The van der Waals surface area contributed by atoms with Crippen molar-refractivity contribution < 1.29 is 0 Å². The van der Waals surface area contributed by atoms with E-state index in [1.165, 1.54) is 54.6 Å². The Kier molecular flexibility index (Phi) is 3.15. The van der Waals surface area contributed by atoms with Crippen LogP contribution in [0, 0.1) is 6.92 Å². The van der Waals surface area contributed by atoms with Gasteiger partial charge in [0.05, 0.1) is 16.7 Å². The molecular weight excluding hydrogens is 338 g/mol. The van der Waals surface area contributed by atoms with Crippen LogP contribution >= 0.6 is 0 Å². The summed E-state index contributed by atoms with van der Waals surface area (Å²) >= 11 is 0. The molecule has 0 saturated carbocycles. The number of hydrogen-bond donors (Lipinski definition) is 0. The van der Waals surface area contributed by atoms with E-state index in [0.29, 0.717) is 0 Å². The van der Waals surface area contributed by atoms with Gasteiger partial charge in [-0.05, 0) is 42.0 Å². The highest BCUT2D eigenvalue weighted by Gasteiger charge is 2.16. The summed E-state index contributed by atoms with van der Waals surface area (Å²) < 4.78 is 2.45. The van der Waals surface area contributed by atoms with Gasteiger partial charge < -0.3 is 4.57 Å². The van der Waals surface area contributed by atoms with Crippen molar-refractivity contribution in [3.63, 3.8) is 0 Å². The summed E-state index contributed by atoms with van der Waals surface area (Å²) in [6.07, 6.45) is 0. The summed E-state index contributed by atoms with van der Waals surface area (Å²) in [7, 11) is 0. The van der Waals surface area contributed by atoms with Gasteiger partial charge in [0.2, 0.25) is 0 Å². The normalized spacial score (nSPS) is 11.8. The number of aromatic nitrogens is 1. The minimum atomic E-state index is 1.25. The van der Waals surface area contributed by atoms with E-state index in [2.05, 4.69) is 109 Å². The Labute approximate surface area is 163 Å².